The lowest BCUT2D eigenvalue weighted by Crippen LogP contribution is -2.52. The lowest BCUT2D eigenvalue weighted by molar-refractivity contribution is 0.0722. The van der Waals surface area contributed by atoms with E-state index in [1.807, 2.05) is 6.92 Å². The fraction of sp³-hybridized carbons (Fsp3) is 0.583. The zero-order valence-corrected chi connectivity index (χ0v) is 20.8. The Morgan fingerprint density at radius 2 is 1.88 bits per heavy atom. The van der Waals surface area contributed by atoms with Gasteiger partial charge in [0.05, 0.1) is 54.0 Å². The summed E-state index contributed by atoms with van der Waals surface area (Å²) in [5, 5.41) is 22.1. The average Bonchev–Trinajstić information content (AvgIpc) is 2.82. The topological polar surface area (TPSA) is 121 Å². The third-order valence-corrected chi connectivity index (χ3v) is 6.42. The molecule has 0 aliphatic carbocycles. The van der Waals surface area contributed by atoms with Crippen molar-refractivity contribution in [2.45, 2.75) is 52.0 Å². The highest BCUT2D eigenvalue weighted by molar-refractivity contribution is 6.30. The van der Waals surface area contributed by atoms with Gasteiger partial charge in [0.2, 0.25) is 11.8 Å². The molecular formula is C24H34ClN5O4. The van der Waals surface area contributed by atoms with Gasteiger partial charge in [0.15, 0.2) is 0 Å². The monoisotopic (exact) mass is 491 g/mol. The number of carbonyl (C=O) groups excluding carboxylic acids is 1. The van der Waals surface area contributed by atoms with Crippen molar-refractivity contribution in [3.8, 4) is 5.88 Å². The molecule has 1 saturated heterocycles. The van der Waals surface area contributed by atoms with E-state index in [0.717, 1.165) is 50.3 Å². The first-order valence-electron chi connectivity index (χ1n) is 11.6. The SMILES string of the molecule is Cc1cc(OCCCC2CCN(c3ncc(Cl)cn3)CC2)nc(C)c1C(=O)NC(C)(CO)CO. The standard InChI is InChI=1S/C24H34ClN5O4/c1-16-11-20(28-17(2)21(16)22(33)29-24(3,14-31)15-32)34-10-4-5-18-6-8-30(9-7-18)23-26-12-19(25)13-27-23/h11-13,18,31-32H,4-10,14-15H2,1-3H3,(H,29,33). The zero-order valence-electron chi connectivity index (χ0n) is 20.1. The van der Waals surface area contributed by atoms with Gasteiger partial charge in [-0.1, -0.05) is 11.6 Å². The molecule has 3 rings (SSSR count). The molecule has 3 heterocycles. The molecule has 9 nitrogen and oxygen atoms in total. The maximum absolute atomic E-state index is 12.7. The van der Waals surface area contributed by atoms with Crippen molar-refractivity contribution in [1.82, 2.24) is 20.3 Å². The maximum atomic E-state index is 12.7. The lowest BCUT2D eigenvalue weighted by atomic mass is 9.92. The minimum absolute atomic E-state index is 0.365. The fourth-order valence-corrected chi connectivity index (χ4v) is 4.22. The van der Waals surface area contributed by atoms with Gasteiger partial charge in [0, 0.05) is 19.2 Å². The number of aliphatic hydroxyl groups excluding tert-OH is 2. The second-order valence-electron chi connectivity index (χ2n) is 9.19. The van der Waals surface area contributed by atoms with Gasteiger partial charge in [-0.2, -0.15) is 0 Å². The Bertz CT molecular complexity index is 937. The summed E-state index contributed by atoms with van der Waals surface area (Å²) < 4.78 is 5.87. The predicted molar refractivity (Wildman–Crippen MR) is 130 cm³/mol. The smallest absolute Gasteiger partial charge is 0.253 e. The van der Waals surface area contributed by atoms with E-state index in [-0.39, 0.29) is 19.1 Å². The van der Waals surface area contributed by atoms with Crippen LogP contribution < -0.4 is 15.0 Å². The van der Waals surface area contributed by atoms with E-state index in [1.54, 1.807) is 32.3 Å². The Kier molecular flexibility index (Phi) is 9.04. The summed E-state index contributed by atoms with van der Waals surface area (Å²) in [5.74, 6) is 1.49. The second-order valence-corrected chi connectivity index (χ2v) is 9.63. The van der Waals surface area contributed by atoms with Gasteiger partial charge >= 0.3 is 0 Å². The van der Waals surface area contributed by atoms with Crippen LogP contribution in [0.4, 0.5) is 5.95 Å². The number of ether oxygens (including phenoxy) is 1. The summed E-state index contributed by atoms with van der Waals surface area (Å²) in [7, 11) is 0. The number of amides is 1. The highest BCUT2D eigenvalue weighted by Crippen LogP contribution is 2.25. The molecule has 0 aromatic carbocycles. The molecule has 2 aromatic heterocycles. The minimum atomic E-state index is -1.09. The summed E-state index contributed by atoms with van der Waals surface area (Å²) >= 11 is 5.87. The molecule has 0 atom stereocenters. The quantitative estimate of drug-likeness (QED) is 0.434. The first kappa shape index (κ1) is 26.1. The van der Waals surface area contributed by atoms with Crippen molar-refractivity contribution in [3.63, 3.8) is 0 Å². The molecule has 1 aliphatic rings. The molecule has 0 saturated carbocycles. The van der Waals surface area contributed by atoms with Crippen LogP contribution in [-0.2, 0) is 0 Å². The van der Waals surface area contributed by atoms with Crippen LogP contribution in [0.3, 0.4) is 0 Å². The Morgan fingerprint density at radius 3 is 2.47 bits per heavy atom. The first-order chi connectivity index (χ1) is 16.2. The molecule has 1 aliphatic heterocycles. The minimum Gasteiger partial charge on any atom is -0.478 e. The van der Waals surface area contributed by atoms with E-state index in [0.29, 0.717) is 34.7 Å². The number of hydrogen-bond donors (Lipinski definition) is 3. The zero-order chi connectivity index (χ0) is 24.7. The molecule has 2 aromatic rings. The Morgan fingerprint density at radius 1 is 1.24 bits per heavy atom. The van der Waals surface area contributed by atoms with Gasteiger partial charge in [-0.25, -0.2) is 15.0 Å². The van der Waals surface area contributed by atoms with Gasteiger partial charge in [0.1, 0.15) is 0 Å². The summed E-state index contributed by atoms with van der Waals surface area (Å²) in [6.45, 7) is 6.85. The van der Waals surface area contributed by atoms with Crippen LogP contribution in [0.1, 0.15) is 54.2 Å². The van der Waals surface area contributed by atoms with Crippen LogP contribution in [-0.4, -0.2) is 69.5 Å². The molecule has 34 heavy (non-hydrogen) atoms. The molecule has 0 spiro atoms. The molecule has 186 valence electrons. The number of nitrogens with one attached hydrogen (secondary N) is 1. The van der Waals surface area contributed by atoms with Gasteiger partial charge in [-0.15, -0.1) is 0 Å². The summed E-state index contributed by atoms with van der Waals surface area (Å²) in [6, 6.07) is 1.75. The summed E-state index contributed by atoms with van der Waals surface area (Å²) in [5.41, 5.74) is 0.609. The van der Waals surface area contributed by atoms with Gasteiger partial charge < -0.3 is 25.2 Å². The van der Waals surface area contributed by atoms with E-state index >= 15 is 0 Å². The van der Waals surface area contributed by atoms with Gasteiger partial charge in [-0.3, -0.25) is 4.79 Å². The third kappa shape index (κ3) is 6.77. The van der Waals surface area contributed by atoms with Crippen molar-refractivity contribution in [2.24, 2.45) is 5.92 Å². The second kappa shape index (κ2) is 11.8. The number of pyridine rings is 1. The van der Waals surface area contributed by atoms with E-state index < -0.39 is 5.54 Å². The number of hydrogen-bond acceptors (Lipinski definition) is 8. The normalized spacial score (nSPS) is 14.8. The van der Waals surface area contributed by atoms with E-state index in [9.17, 15) is 15.0 Å². The van der Waals surface area contributed by atoms with Crippen molar-refractivity contribution in [1.29, 1.82) is 0 Å². The summed E-state index contributed by atoms with van der Waals surface area (Å²) in [6.07, 6.45) is 7.44. The van der Waals surface area contributed by atoms with Crippen LogP contribution in [0.5, 0.6) is 5.88 Å². The lowest BCUT2D eigenvalue weighted by Gasteiger charge is -2.31. The number of aryl methyl sites for hydroxylation is 2. The first-order valence-corrected chi connectivity index (χ1v) is 12.0. The van der Waals surface area contributed by atoms with E-state index in [4.69, 9.17) is 16.3 Å². The average molecular weight is 492 g/mol. The van der Waals surface area contributed by atoms with E-state index in [2.05, 4.69) is 25.2 Å². The Labute approximate surface area is 205 Å². The highest BCUT2D eigenvalue weighted by Gasteiger charge is 2.27. The van der Waals surface area contributed by atoms with Crippen molar-refractivity contribution < 1.29 is 19.7 Å². The van der Waals surface area contributed by atoms with Crippen molar-refractivity contribution in [3.05, 3.63) is 40.3 Å². The molecule has 1 fully saturated rings. The third-order valence-electron chi connectivity index (χ3n) is 6.23. The van der Waals surface area contributed by atoms with Crippen LogP contribution in [0.25, 0.3) is 0 Å². The van der Waals surface area contributed by atoms with Crippen molar-refractivity contribution >= 4 is 23.5 Å². The van der Waals surface area contributed by atoms with Crippen LogP contribution in [0, 0.1) is 19.8 Å². The number of carbonyl (C=O) groups is 1. The molecule has 10 heteroatoms. The highest BCUT2D eigenvalue weighted by atomic mass is 35.5. The Hall–Kier alpha value is -2.49. The maximum Gasteiger partial charge on any atom is 0.253 e. The molecule has 0 bridgehead atoms. The molecular weight excluding hydrogens is 458 g/mol. The van der Waals surface area contributed by atoms with Crippen molar-refractivity contribution in [2.75, 3.05) is 37.8 Å². The Balaban J connectivity index is 1.45. The number of aromatic nitrogens is 3. The summed E-state index contributed by atoms with van der Waals surface area (Å²) in [4.78, 5) is 27.9. The molecule has 0 unspecified atom stereocenters. The van der Waals surface area contributed by atoms with Crippen LogP contribution in [0.2, 0.25) is 5.02 Å². The van der Waals surface area contributed by atoms with Crippen LogP contribution in [0.15, 0.2) is 18.5 Å². The number of anilines is 1. The number of nitrogens with zero attached hydrogens (tertiary/aromatic N) is 4. The number of rotatable bonds is 10. The van der Waals surface area contributed by atoms with Crippen LogP contribution >= 0.6 is 11.6 Å². The number of halogens is 1. The van der Waals surface area contributed by atoms with Gasteiger partial charge in [0.25, 0.3) is 5.91 Å². The predicted octanol–water partition coefficient (Wildman–Crippen LogP) is 2.69. The number of piperidine rings is 1. The largest absolute Gasteiger partial charge is 0.478 e. The molecule has 3 N–H and O–H groups in total. The molecule has 0 radical (unpaired) electrons. The van der Waals surface area contributed by atoms with Gasteiger partial charge in [-0.05, 0) is 57.9 Å². The molecule has 1 amide bonds. The van der Waals surface area contributed by atoms with E-state index in [1.165, 1.54) is 0 Å². The fourth-order valence-electron chi connectivity index (χ4n) is 4.12. The number of aliphatic hydroxyl groups is 2.